The van der Waals surface area contributed by atoms with Crippen molar-refractivity contribution in [3.8, 4) is 0 Å². The van der Waals surface area contributed by atoms with Crippen LogP contribution in [0.25, 0.3) is 0 Å². The number of allylic oxidation sites excluding steroid dienone is 5. The lowest BCUT2D eigenvalue weighted by Gasteiger charge is -1.97. The average Bonchev–Trinajstić information content (AvgIpc) is 2.54. The van der Waals surface area contributed by atoms with Crippen molar-refractivity contribution in [2.45, 2.75) is 45.4 Å². The van der Waals surface area contributed by atoms with Crippen molar-refractivity contribution in [3.05, 3.63) is 36.0 Å². The number of hydrogen-bond acceptors (Lipinski definition) is 0. The molecule has 0 radical (unpaired) electrons. The molecular formula is C13H20. The van der Waals surface area contributed by atoms with Gasteiger partial charge in [0.25, 0.3) is 0 Å². The molecule has 0 saturated heterocycles. The SMILES string of the molecule is C=CCC1=CC(CCCCC)=CC1. The normalized spacial score (nSPS) is 15.5. The number of hydrogen-bond donors (Lipinski definition) is 0. The van der Waals surface area contributed by atoms with Gasteiger partial charge in [-0.3, -0.25) is 0 Å². The van der Waals surface area contributed by atoms with Crippen LogP contribution in [-0.2, 0) is 0 Å². The van der Waals surface area contributed by atoms with Crippen molar-refractivity contribution in [3.63, 3.8) is 0 Å². The minimum atomic E-state index is 1.06. The summed E-state index contributed by atoms with van der Waals surface area (Å²) in [5.74, 6) is 0. The van der Waals surface area contributed by atoms with Crippen LogP contribution >= 0.6 is 0 Å². The van der Waals surface area contributed by atoms with E-state index in [2.05, 4.69) is 25.7 Å². The Bertz CT molecular complexity index is 218. The van der Waals surface area contributed by atoms with Gasteiger partial charge in [-0.05, 0) is 25.7 Å². The van der Waals surface area contributed by atoms with Crippen LogP contribution < -0.4 is 0 Å². The maximum absolute atomic E-state index is 3.76. The molecule has 0 nitrogen and oxygen atoms in total. The fraction of sp³-hybridized carbons (Fsp3) is 0.538. The summed E-state index contributed by atoms with van der Waals surface area (Å²) in [5, 5.41) is 0. The lowest BCUT2D eigenvalue weighted by molar-refractivity contribution is 0.719. The van der Waals surface area contributed by atoms with Crippen LogP contribution in [0.2, 0.25) is 0 Å². The minimum absolute atomic E-state index is 1.06. The quantitative estimate of drug-likeness (QED) is 0.415. The lowest BCUT2D eigenvalue weighted by Crippen LogP contribution is -1.77. The molecule has 1 rings (SSSR count). The Morgan fingerprint density at radius 2 is 2.31 bits per heavy atom. The topological polar surface area (TPSA) is 0 Å². The van der Waals surface area contributed by atoms with E-state index in [9.17, 15) is 0 Å². The van der Waals surface area contributed by atoms with Gasteiger partial charge < -0.3 is 0 Å². The van der Waals surface area contributed by atoms with Crippen molar-refractivity contribution in [1.29, 1.82) is 0 Å². The van der Waals surface area contributed by atoms with Gasteiger partial charge in [-0.2, -0.15) is 0 Å². The Morgan fingerprint density at radius 1 is 1.46 bits per heavy atom. The average molecular weight is 176 g/mol. The molecule has 0 heterocycles. The molecule has 0 unspecified atom stereocenters. The van der Waals surface area contributed by atoms with Crippen LogP contribution in [0.5, 0.6) is 0 Å². The van der Waals surface area contributed by atoms with E-state index < -0.39 is 0 Å². The molecule has 0 spiro atoms. The van der Waals surface area contributed by atoms with Crippen molar-refractivity contribution >= 4 is 0 Å². The molecule has 13 heavy (non-hydrogen) atoms. The summed E-state index contributed by atoms with van der Waals surface area (Å²) in [7, 11) is 0. The van der Waals surface area contributed by atoms with Crippen LogP contribution in [-0.4, -0.2) is 0 Å². The Balaban J connectivity index is 2.25. The molecule has 0 fully saturated rings. The summed E-state index contributed by atoms with van der Waals surface area (Å²) >= 11 is 0. The molecule has 0 bridgehead atoms. The van der Waals surface area contributed by atoms with E-state index in [1.54, 1.807) is 5.57 Å². The lowest BCUT2D eigenvalue weighted by atomic mass is 10.1. The predicted molar refractivity (Wildman–Crippen MR) is 59.7 cm³/mol. The first-order valence-corrected chi connectivity index (χ1v) is 5.36. The molecule has 0 aromatic rings. The minimum Gasteiger partial charge on any atom is -0.103 e. The first-order chi connectivity index (χ1) is 6.36. The van der Waals surface area contributed by atoms with E-state index in [4.69, 9.17) is 0 Å². The maximum Gasteiger partial charge on any atom is -0.0127 e. The molecule has 0 amide bonds. The highest BCUT2D eigenvalue weighted by molar-refractivity contribution is 5.33. The summed E-state index contributed by atoms with van der Waals surface area (Å²) in [6, 6.07) is 0. The second-order valence-electron chi connectivity index (χ2n) is 3.74. The first-order valence-electron chi connectivity index (χ1n) is 5.36. The molecule has 1 aliphatic rings. The Morgan fingerprint density at radius 3 is 3.00 bits per heavy atom. The summed E-state index contributed by atoms with van der Waals surface area (Å²) in [4.78, 5) is 0. The summed E-state index contributed by atoms with van der Waals surface area (Å²) in [5.41, 5.74) is 3.08. The molecule has 72 valence electrons. The van der Waals surface area contributed by atoms with E-state index in [0.29, 0.717) is 0 Å². The highest BCUT2D eigenvalue weighted by Crippen LogP contribution is 2.24. The van der Waals surface area contributed by atoms with Gasteiger partial charge in [-0.25, -0.2) is 0 Å². The summed E-state index contributed by atoms with van der Waals surface area (Å²) < 4.78 is 0. The fourth-order valence-electron chi connectivity index (χ4n) is 1.72. The van der Waals surface area contributed by atoms with Crippen LogP contribution in [0.1, 0.15) is 45.4 Å². The van der Waals surface area contributed by atoms with E-state index in [0.717, 1.165) is 12.8 Å². The zero-order valence-electron chi connectivity index (χ0n) is 8.68. The molecule has 0 aromatic carbocycles. The van der Waals surface area contributed by atoms with E-state index in [1.165, 1.54) is 31.3 Å². The fourth-order valence-corrected chi connectivity index (χ4v) is 1.72. The summed E-state index contributed by atoms with van der Waals surface area (Å²) in [6.45, 7) is 6.01. The molecule has 0 N–H and O–H groups in total. The largest absolute Gasteiger partial charge is 0.103 e. The second-order valence-corrected chi connectivity index (χ2v) is 3.74. The molecule has 0 saturated carbocycles. The predicted octanol–water partition coefficient (Wildman–Crippen LogP) is 4.40. The molecule has 1 aliphatic carbocycles. The van der Waals surface area contributed by atoms with Gasteiger partial charge in [0.05, 0.1) is 0 Å². The third-order valence-electron chi connectivity index (χ3n) is 2.49. The van der Waals surface area contributed by atoms with Crippen LogP contribution in [0.4, 0.5) is 0 Å². The van der Waals surface area contributed by atoms with Crippen molar-refractivity contribution in [2.24, 2.45) is 0 Å². The Kier molecular flexibility index (Phi) is 4.59. The number of rotatable bonds is 6. The highest BCUT2D eigenvalue weighted by atomic mass is 14.1. The van der Waals surface area contributed by atoms with E-state index in [1.807, 2.05) is 6.08 Å². The zero-order valence-corrected chi connectivity index (χ0v) is 8.68. The third kappa shape index (κ3) is 3.63. The first kappa shape index (κ1) is 10.3. The van der Waals surface area contributed by atoms with Gasteiger partial charge in [-0.15, -0.1) is 6.58 Å². The second kappa shape index (κ2) is 5.80. The van der Waals surface area contributed by atoms with E-state index >= 15 is 0 Å². The molecule has 0 heteroatoms. The standard InChI is InChI=1S/C13H20/c1-3-5-6-8-13-10-9-12(11-13)7-4-2/h4,10-11H,2-3,5-9H2,1H3. The smallest absolute Gasteiger partial charge is 0.0127 e. The highest BCUT2D eigenvalue weighted by Gasteiger charge is 2.04. The van der Waals surface area contributed by atoms with Gasteiger partial charge in [0.15, 0.2) is 0 Å². The van der Waals surface area contributed by atoms with Crippen molar-refractivity contribution in [2.75, 3.05) is 0 Å². The third-order valence-corrected chi connectivity index (χ3v) is 2.49. The summed E-state index contributed by atoms with van der Waals surface area (Å²) in [6.07, 6.45) is 14.2. The monoisotopic (exact) mass is 176 g/mol. The van der Waals surface area contributed by atoms with Gasteiger partial charge >= 0.3 is 0 Å². The van der Waals surface area contributed by atoms with Gasteiger partial charge in [0, 0.05) is 0 Å². The molecule has 0 atom stereocenters. The van der Waals surface area contributed by atoms with Gasteiger partial charge in [0.2, 0.25) is 0 Å². The van der Waals surface area contributed by atoms with E-state index in [-0.39, 0.29) is 0 Å². The number of unbranched alkanes of at least 4 members (excludes halogenated alkanes) is 2. The maximum atomic E-state index is 3.76. The van der Waals surface area contributed by atoms with Crippen LogP contribution in [0, 0.1) is 0 Å². The van der Waals surface area contributed by atoms with Crippen LogP contribution in [0.15, 0.2) is 36.0 Å². The van der Waals surface area contributed by atoms with Gasteiger partial charge in [0.1, 0.15) is 0 Å². The molecule has 0 aliphatic heterocycles. The van der Waals surface area contributed by atoms with Crippen molar-refractivity contribution < 1.29 is 0 Å². The molecular weight excluding hydrogens is 156 g/mol. The Hall–Kier alpha value is -0.780. The Labute approximate surface area is 82.0 Å². The van der Waals surface area contributed by atoms with Crippen LogP contribution in [0.3, 0.4) is 0 Å². The van der Waals surface area contributed by atoms with Gasteiger partial charge in [-0.1, -0.05) is 49.1 Å². The molecule has 0 aromatic heterocycles. The zero-order chi connectivity index (χ0) is 9.52. The van der Waals surface area contributed by atoms with Crippen molar-refractivity contribution in [1.82, 2.24) is 0 Å².